The van der Waals surface area contributed by atoms with Crippen LogP contribution in [-0.4, -0.2) is 22.8 Å². The molecule has 0 amide bonds. The van der Waals surface area contributed by atoms with Crippen molar-refractivity contribution in [3.63, 3.8) is 0 Å². The van der Waals surface area contributed by atoms with Gasteiger partial charge in [-0.3, -0.25) is 4.98 Å². The van der Waals surface area contributed by atoms with Crippen molar-refractivity contribution in [2.75, 3.05) is 0 Å². The van der Waals surface area contributed by atoms with E-state index >= 15 is 0 Å². The van der Waals surface area contributed by atoms with E-state index in [1.807, 2.05) is 42.5 Å². The van der Waals surface area contributed by atoms with Crippen LogP contribution in [0.4, 0.5) is 0 Å². The summed E-state index contributed by atoms with van der Waals surface area (Å²) >= 11 is 0. The Morgan fingerprint density at radius 2 is 1.43 bits per heavy atom. The van der Waals surface area contributed by atoms with Crippen LogP contribution in [0, 0.1) is 22.7 Å². The zero-order chi connectivity index (χ0) is 16.2. The van der Waals surface area contributed by atoms with Crippen molar-refractivity contribution < 1.29 is 0 Å². The molecule has 0 fully saturated rings. The van der Waals surface area contributed by atoms with E-state index < -0.39 is 0 Å². The van der Waals surface area contributed by atoms with E-state index in [9.17, 15) is 0 Å². The Morgan fingerprint density at radius 3 is 1.96 bits per heavy atom. The molecule has 3 rings (SSSR count). The third-order valence-corrected chi connectivity index (χ3v) is 3.18. The van der Waals surface area contributed by atoms with Crippen LogP contribution in [0.25, 0.3) is 22.6 Å². The molecule has 0 saturated carbocycles. The third-order valence-electron chi connectivity index (χ3n) is 3.18. The summed E-state index contributed by atoms with van der Waals surface area (Å²) in [5.41, 5.74) is 3.35. The van der Waals surface area contributed by atoms with Crippen LogP contribution in [0.15, 0.2) is 48.7 Å². The zero-order valence-corrected chi connectivity index (χ0v) is 11.9. The Bertz CT molecular complexity index is 902. The summed E-state index contributed by atoms with van der Waals surface area (Å²) in [6, 6.07) is 16.2. The lowest BCUT2D eigenvalue weighted by Gasteiger charge is -2.04. The molecule has 2 aromatic heterocycles. The Kier molecular flexibility index (Phi) is 3.82. The van der Waals surface area contributed by atoms with Crippen LogP contribution in [0.1, 0.15) is 11.4 Å². The number of hydrogen-bond acceptors (Lipinski definition) is 5. The molecule has 0 saturated heterocycles. The molecule has 0 N–H and O–H groups in total. The zero-order valence-electron chi connectivity index (χ0n) is 11.9. The number of aromatic nitrogens is 3. The molecule has 0 aliphatic heterocycles. The maximum absolute atomic E-state index is 8.97. The van der Waals surface area contributed by atoms with Crippen LogP contribution in [-0.2, 0) is 0 Å². The van der Waals surface area contributed by atoms with Gasteiger partial charge in [0.2, 0.25) is 0 Å². The largest absolute Gasteiger partial charge is 0.255 e. The second-order valence-electron chi connectivity index (χ2n) is 4.74. The minimum Gasteiger partial charge on any atom is -0.255 e. The van der Waals surface area contributed by atoms with Crippen molar-refractivity contribution >= 4 is 13.3 Å². The number of rotatable bonds is 2. The monoisotopic (exact) mass is 293 g/mol. The molecule has 2 radical (unpaired) electrons. The summed E-state index contributed by atoms with van der Waals surface area (Å²) in [7, 11) is 5.67. The average molecular weight is 293 g/mol. The van der Waals surface area contributed by atoms with Crippen molar-refractivity contribution in [1.82, 2.24) is 15.0 Å². The molecule has 6 heteroatoms. The highest BCUT2D eigenvalue weighted by molar-refractivity contribution is 6.32. The van der Waals surface area contributed by atoms with Crippen molar-refractivity contribution in [1.29, 1.82) is 10.5 Å². The number of hydrogen-bond donors (Lipinski definition) is 0. The second kappa shape index (κ2) is 6.09. The number of pyridine rings is 1. The topological polar surface area (TPSA) is 86.2 Å². The molecule has 0 aliphatic rings. The first-order valence-electron chi connectivity index (χ1n) is 6.71. The maximum Gasteiger partial charge on any atom is 0.163 e. The van der Waals surface area contributed by atoms with Gasteiger partial charge in [-0.15, -0.1) is 0 Å². The normalized spacial score (nSPS) is 9.83. The average Bonchev–Trinajstić information content (AvgIpc) is 2.62. The maximum atomic E-state index is 8.97. The van der Waals surface area contributed by atoms with E-state index in [-0.39, 0.29) is 11.4 Å². The van der Waals surface area contributed by atoms with Gasteiger partial charge in [-0.2, -0.15) is 10.5 Å². The Balaban J connectivity index is 1.98. The van der Waals surface area contributed by atoms with Gasteiger partial charge in [-0.1, -0.05) is 29.7 Å². The Morgan fingerprint density at radius 1 is 0.826 bits per heavy atom. The van der Waals surface area contributed by atoms with E-state index in [1.165, 1.54) is 6.07 Å². The predicted molar refractivity (Wildman–Crippen MR) is 85.5 cm³/mol. The minimum atomic E-state index is 0.147. The molecule has 0 bridgehead atoms. The summed E-state index contributed by atoms with van der Waals surface area (Å²) < 4.78 is 0. The number of benzene rings is 1. The van der Waals surface area contributed by atoms with Crippen LogP contribution in [0.2, 0.25) is 0 Å². The van der Waals surface area contributed by atoms with Crippen LogP contribution < -0.4 is 5.46 Å². The lowest BCUT2D eigenvalue weighted by Crippen LogP contribution is -1.99. The van der Waals surface area contributed by atoms with Crippen molar-refractivity contribution in [3.8, 4) is 34.8 Å². The summed E-state index contributed by atoms with van der Waals surface area (Å²) in [5.74, 6) is 0.303. The molecule has 1 aromatic carbocycles. The molecule has 5 nitrogen and oxygen atoms in total. The summed E-state index contributed by atoms with van der Waals surface area (Å²) in [4.78, 5) is 12.6. The first-order valence-corrected chi connectivity index (χ1v) is 6.71. The van der Waals surface area contributed by atoms with Gasteiger partial charge in [0.25, 0.3) is 0 Å². The van der Waals surface area contributed by atoms with Crippen LogP contribution >= 0.6 is 0 Å². The molecule has 0 spiro atoms. The van der Waals surface area contributed by atoms with Gasteiger partial charge >= 0.3 is 0 Å². The van der Waals surface area contributed by atoms with Crippen LogP contribution in [0.5, 0.6) is 0 Å². The van der Waals surface area contributed by atoms with Gasteiger partial charge in [0.05, 0.1) is 5.69 Å². The first-order chi connectivity index (χ1) is 11.2. The fourth-order valence-corrected chi connectivity index (χ4v) is 2.04. The quantitative estimate of drug-likeness (QED) is 0.672. The molecule has 104 valence electrons. The standard InChI is InChI=1S/C17H8BN5/c18-13-4-1-11(2-5-13)16-6-3-12(10-21-16)17-22-14(8-19)7-15(9-20)23-17/h1-7,10H. The Labute approximate surface area is 134 Å². The molecule has 0 atom stereocenters. The second-order valence-corrected chi connectivity index (χ2v) is 4.74. The minimum absolute atomic E-state index is 0.147. The lowest BCUT2D eigenvalue weighted by molar-refractivity contribution is 1.12. The predicted octanol–water partition coefficient (Wildman–Crippen LogP) is 1.74. The van der Waals surface area contributed by atoms with Crippen LogP contribution in [0.3, 0.4) is 0 Å². The molecule has 0 unspecified atom stereocenters. The fourth-order valence-electron chi connectivity index (χ4n) is 2.04. The van der Waals surface area contributed by atoms with E-state index in [2.05, 4.69) is 15.0 Å². The molecule has 23 heavy (non-hydrogen) atoms. The number of nitriles is 2. The van der Waals surface area contributed by atoms with Gasteiger partial charge in [0, 0.05) is 23.4 Å². The number of nitrogens with zero attached hydrogens (tertiary/aromatic N) is 5. The molecule has 2 heterocycles. The fraction of sp³-hybridized carbons (Fsp3) is 0. The molecular formula is C17H8BN5. The van der Waals surface area contributed by atoms with E-state index in [0.717, 1.165) is 11.3 Å². The van der Waals surface area contributed by atoms with E-state index in [4.69, 9.17) is 18.4 Å². The lowest BCUT2D eigenvalue weighted by atomic mass is 9.95. The molecule has 3 aromatic rings. The van der Waals surface area contributed by atoms with E-state index in [1.54, 1.807) is 12.3 Å². The van der Waals surface area contributed by atoms with Gasteiger partial charge in [0.1, 0.15) is 31.4 Å². The summed E-state index contributed by atoms with van der Waals surface area (Å²) in [6.07, 6.45) is 1.61. The van der Waals surface area contributed by atoms with Gasteiger partial charge in [-0.25, -0.2) is 9.97 Å². The van der Waals surface area contributed by atoms with Crippen molar-refractivity contribution in [2.24, 2.45) is 0 Å². The SMILES string of the molecule is [B]c1ccc(-c2ccc(-c3nc(C#N)cc(C#N)n3)cn2)cc1. The smallest absolute Gasteiger partial charge is 0.163 e. The van der Waals surface area contributed by atoms with Crippen molar-refractivity contribution in [2.45, 2.75) is 0 Å². The van der Waals surface area contributed by atoms with Crippen molar-refractivity contribution in [3.05, 3.63) is 60.0 Å². The summed E-state index contributed by atoms with van der Waals surface area (Å²) in [6.45, 7) is 0. The third kappa shape index (κ3) is 3.07. The summed E-state index contributed by atoms with van der Waals surface area (Å²) in [5, 5.41) is 17.9. The first kappa shape index (κ1) is 14.4. The highest BCUT2D eigenvalue weighted by Crippen LogP contribution is 2.20. The highest BCUT2D eigenvalue weighted by Gasteiger charge is 2.08. The van der Waals surface area contributed by atoms with Gasteiger partial charge < -0.3 is 0 Å². The van der Waals surface area contributed by atoms with Gasteiger partial charge in [-0.05, 0) is 12.1 Å². The van der Waals surface area contributed by atoms with Gasteiger partial charge in [0.15, 0.2) is 5.82 Å². The Hall–Kier alpha value is -3.51. The molecular weight excluding hydrogens is 285 g/mol. The molecule has 0 aliphatic carbocycles. The highest BCUT2D eigenvalue weighted by atomic mass is 14.9. The van der Waals surface area contributed by atoms with E-state index in [0.29, 0.717) is 16.9 Å².